The van der Waals surface area contributed by atoms with Gasteiger partial charge >= 0.3 is 5.97 Å². The zero-order valence-corrected chi connectivity index (χ0v) is 14.3. The lowest BCUT2D eigenvalue weighted by atomic mass is 9.83. The Labute approximate surface area is 144 Å². The van der Waals surface area contributed by atoms with Crippen LogP contribution < -0.4 is 5.32 Å². The summed E-state index contributed by atoms with van der Waals surface area (Å²) in [6.45, 7) is 3.43. The van der Waals surface area contributed by atoms with Crippen LogP contribution in [-0.2, 0) is 14.9 Å². The molecule has 126 valence electrons. The normalized spacial score (nSPS) is 11.0. The van der Waals surface area contributed by atoms with E-state index in [0.717, 1.165) is 0 Å². The lowest BCUT2D eigenvalue weighted by molar-refractivity contribution is -0.120. The number of carbonyl (C=O) groups excluding carboxylic acids is 2. The van der Waals surface area contributed by atoms with Crippen molar-refractivity contribution in [3.63, 3.8) is 0 Å². The van der Waals surface area contributed by atoms with Crippen molar-refractivity contribution in [1.82, 2.24) is 0 Å². The minimum atomic E-state index is -0.918. The summed E-state index contributed by atoms with van der Waals surface area (Å²) in [4.78, 5) is 24.2. The van der Waals surface area contributed by atoms with Crippen LogP contribution in [0.1, 0.15) is 29.8 Å². The highest BCUT2D eigenvalue weighted by molar-refractivity contribution is 6.34. The molecule has 0 radical (unpaired) electrons. The lowest BCUT2D eigenvalue weighted by Crippen LogP contribution is -2.34. The van der Waals surface area contributed by atoms with Gasteiger partial charge in [0.2, 0.25) is 5.91 Å². The van der Waals surface area contributed by atoms with E-state index in [9.17, 15) is 14.0 Å². The molecule has 6 heteroatoms. The second-order valence-electron chi connectivity index (χ2n) is 5.77. The van der Waals surface area contributed by atoms with E-state index >= 15 is 0 Å². The smallest absolute Gasteiger partial charge is 0.337 e. The van der Waals surface area contributed by atoms with Gasteiger partial charge in [0, 0.05) is 0 Å². The summed E-state index contributed by atoms with van der Waals surface area (Å²) in [5.74, 6) is -1.23. The Kier molecular flexibility index (Phi) is 5.24. The van der Waals surface area contributed by atoms with Crippen molar-refractivity contribution >= 4 is 29.2 Å². The first-order chi connectivity index (χ1) is 11.3. The minimum absolute atomic E-state index is 0.275. The van der Waals surface area contributed by atoms with E-state index in [1.54, 1.807) is 26.0 Å². The molecule has 2 aromatic carbocycles. The van der Waals surface area contributed by atoms with Crippen molar-refractivity contribution in [3.8, 4) is 0 Å². The zero-order chi connectivity index (χ0) is 17.9. The number of benzene rings is 2. The van der Waals surface area contributed by atoms with Crippen LogP contribution in [0.15, 0.2) is 42.5 Å². The minimum Gasteiger partial charge on any atom is -0.465 e. The fourth-order valence-corrected chi connectivity index (χ4v) is 2.31. The van der Waals surface area contributed by atoms with Crippen LogP contribution in [0.25, 0.3) is 0 Å². The molecule has 0 heterocycles. The summed E-state index contributed by atoms with van der Waals surface area (Å²) < 4.78 is 17.7. The average Bonchev–Trinajstić information content (AvgIpc) is 2.56. The summed E-state index contributed by atoms with van der Waals surface area (Å²) in [7, 11) is 1.27. The molecule has 1 amide bonds. The van der Waals surface area contributed by atoms with E-state index in [2.05, 4.69) is 10.1 Å². The maximum Gasteiger partial charge on any atom is 0.337 e. The van der Waals surface area contributed by atoms with Crippen LogP contribution in [0, 0.1) is 5.82 Å². The predicted octanol–water partition coefficient (Wildman–Crippen LogP) is 4.18. The maximum atomic E-state index is 13.1. The fraction of sp³-hybridized carbons (Fsp3) is 0.222. The molecule has 0 aliphatic carbocycles. The Morgan fingerprint density at radius 1 is 1.12 bits per heavy atom. The Bertz CT molecular complexity index is 772. The van der Waals surface area contributed by atoms with Gasteiger partial charge in [-0.05, 0) is 49.7 Å². The standard InChI is InChI=1S/C18H17ClFNO3/c1-18(2,12-5-7-13(20)8-6-12)17(23)21-15-10-11(16(22)24-3)4-9-14(15)19/h4-10H,1-3H3,(H,21,23). The topological polar surface area (TPSA) is 55.4 Å². The van der Waals surface area contributed by atoms with E-state index < -0.39 is 11.4 Å². The van der Waals surface area contributed by atoms with Crippen molar-refractivity contribution in [2.24, 2.45) is 0 Å². The van der Waals surface area contributed by atoms with Crippen LogP contribution in [0.3, 0.4) is 0 Å². The third-order valence-electron chi connectivity index (χ3n) is 3.77. The molecule has 0 aliphatic rings. The number of methoxy groups -OCH3 is 1. The maximum absolute atomic E-state index is 13.1. The molecule has 0 fully saturated rings. The molecular formula is C18H17ClFNO3. The van der Waals surface area contributed by atoms with E-state index in [-0.39, 0.29) is 17.3 Å². The van der Waals surface area contributed by atoms with E-state index in [1.807, 2.05) is 0 Å². The van der Waals surface area contributed by atoms with Crippen molar-refractivity contribution in [1.29, 1.82) is 0 Å². The first kappa shape index (κ1) is 17.9. The van der Waals surface area contributed by atoms with Crippen LogP contribution in [0.4, 0.5) is 10.1 Å². The summed E-state index contributed by atoms with van der Waals surface area (Å²) in [5, 5.41) is 3.01. The monoisotopic (exact) mass is 349 g/mol. The predicted molar refractivity (Wildman–Crippen MR) is 90.8 cm³/mol. The van der Waals surface area contributed by atoms with Crippen LogP contribution in [0.5, 0.6) is 0 Å². The second kappa shape index (κ2) is 7.01. The number of amides is 1. The number of halogens is 2. The number of rotatable bonds is 4. The van der Waals surface area contributed by atoms with Gasteiger partial charge in [0.15, 0.2) is 0 Å². The molecule has 2 aromatic rings. The molecule has 0 spiro atoms. The summed E-state index contributed by atoms with van der Waals surface area (Å²) >= 11 is 6.09. The third-order valence-corrected chi connectivity index (χ3v) is 4.10. The largest absolute Gasteiger partial charge is 0.465 e. The van der Waals surface area contributed by atoms with Gasteiger partial charge in [-0.25, -0.2) is 9.18 Å². The van der Waals surface area contributed by atoms with Gasteiger partial charge in [-0.1, -0.05) is 23.7 Å². The molecule has 0 aliphatic heterocycles. The molecule has 2 rings (SSSR count). The molecule has 0 atom stereocenters. The summed E-state index contributed by atoms with van der Waals surface area (Å²) in [6, 6.07) is 10.2. The van der Waals surface area contributed by atoms with Gasteiger partial charge in [-0.3, -0.25) is 4.79 Å². The Hall–Kier alpha value is -2.40. The number of esters is 1. The highest BCUT2D eigenvalue weighted by Crippen LogP contribution is 2.28. The van der Waals surface area contributed by atoms with Gasteiger partial charge in [-0.15, -0.1) is 0 Å². The van der Waals surface area contributed by atoms with Crippen LogP contribution in [-0.4, -0.2) is 19.0 Å². The van der Waals surface area contributed by atoms with Crippen molar-refractivity contribution in [2.75, 3.05) is 12.4 Å². The number of hydrogen-bond donors (Lipinski definition) is 1. The van der Waals surface area contributed by atoms with E-state index in [0.29, 0.717) is 16.3 Å². The average molecular weight is 350 g/mol. The number of ether oxygens (including phenoxy) is 1. The SMILES string of the molecule is COC(=O)c1ccc(Cl)c(NC(=O)C(C)(C)c2ccc(F)cc2)c1. The quantitative estimate of drug-likeness (QED) is 0.842. The Balaban J connectivity index is 2.28. The second-order valence-corrected chi connectivity index (χ2v) is 6.18. The Morgan fingerprint density at radius 2 is 1.75 bits per heavy atom. The highest BCUT2D eigenvalue weighted by Gasteiger charge is 2.30. The summed E-state index contributed by atoms with van der Waals surface area (Å²) in [6.07, 6.45) is 0. The molecule has 4 nitrogen and oxygen atoms in total. The van der Waals surface area contributed by atoms with Crippen molar-refractivity contribution in [3.05, 3.63) is 64.4 Å². The third kappa shape index (κ3) is 3.74. The number of nitrogens with one attached hydrogen (secondary N) is 1. The Morgan fingerprint density at radius 3 is 2.33 bits per heavy atom. The van der Waals surface area contributed by atoms with E-state index in [1.165, 1.54) is 37.4 Å². The zero-order valence-electron chi connectivity index (χ0n) is 13.5. The van der Waals surface area contributed by atoms with Crippen LogP contribution in [0.2, 0.25) is 5.02 Å². The number of anilines is 1. The molecule has 0 unspecified atom stereocenters. The summed E-state index contributed by atoms with van der Waals surface area (Å²) in [5.41, 5.74) is 0.316. The molecule has 24 heavy (non-hydrogen) atoms. The van der Waals surface area contributed by atoms with Gasteiger partial charge in [0.05, 0.1) is 28.8 Å². The van der Waals surface area contributed by atoms with Gasteiger partial charge in [-0.2, -0.15) is 0 Å². The number of carbonyl (C=O) groups is 2. The van der Waals surface area contributed by atoms with Gasteiger partial charge < -0.3 is 10.1 Å². The van der Waals surface area contributed by atoms with Gasteiger partial charge in [0.25, 0.3) is 0 Å². The molecule has 0 saturated heterocycles. The molecule has 0 bridgehead atoms. The fourth-order valence-electron chi connectivity index (χ4n) is 2.14. The van der Waals surface area contributed by atoms with Crippen molar-refractivity contribution in [2.45, 2.75) is 19.3 Å². The first-order valence-electron chi connectivity index (χ1n) is 7.21. The molecule has 0 saturated carbocycles. The number of hydrogen-bond acceptors (Lipinski definition) is 3. The molecule has 1 N–H and O–H groups in total. The highest BCUT2D eigenvalue weighted by atomic mass is 35.5. The lowest BCUT2D eigenvalue weighted by Gasteiger charge is -2.24. The molecule has 0 aromatic heterocycles. The van der Waals surface area contributed by atoms with Crippen molar-refractivity contribution < 1.29 is 18.7 Å². The molecular weight excluding hydrogens is 333 g/mol. The van der Waals surface area contributed by atoms with Gasteiger partial charge in [0.1, 0.15) is 5.82 Å². The van der Waals surface area contributed by atoms with Crippen LogP contribution >= 0.6 is 11.6 Å². The first-order valence-corrected chi connectivity index (χ1v) is 7.59. The van der Waals surface area contributed by atoms with E-state index in [4.69, 9.17) is 11.6 Å².